The van der Waals surface area contributed by atoms with Gasteiger partial charge >= 0.3 is 13.6 Å². The van der Waals surface area contributed by atoms with Gasteiger partial charge in [-0.3, -0.25) is 9.36 Å². The predicted octanol–water partition coefficient (Wildman–Crippen LogP) is 3.67. The van der Waals surface area contributed by atoms with E-state index < -0.39 is 19.1 Å². The van der Waals surface area contributed by atoms with Crippen LogP contribution in [-0.4, -0.2) is 25.7 Å². The third kappa shape index (κ3) is 3.97. The van der Waals surface area contributed by atoms with E-state index in [9.17, 15) is 14.2 Å². The molecular weight excluding hydrogens is 331 g/mol. The Morgan fingerprint density at radius 3 is 2.12 bits per heavy atom. The molecule has 0 aliphatic heterocycles. The average Bonchev–Trinajstić information content (AvgIpc) is 2.65. The van der Waals surface area contributed by atoms with Crippen molar-refractivity contribution in [3.63, 3.8) is 0 Å². The lowest BCUT2D eigenvalue weighted by molar-refractivity contribution is 0.0471. The van der Waals surface area contributed by atoms with E-state index in [1.807, 2.05) is 0 Å². The molecule has 126 valence electrons. The van der Waals surface area contributed by atoms with Crippen LogP contribution in [-0.2, 0) is 25.0 Å². The highest BCUT2D eigenvalue weighted by molar-refractivity contribution is 7.72. The monoisotopic (exact) mass is 348 g/mol. The molecule has 0 radical (unpaired) electrons. The van der Waals surface area contributed by atoms with Crippen LogP contribution in [0.3, 0.4) is 0 Å². The fraction of sp³-hybridized carbons (Fsp3) is 0.176. The number of carbonyl (C=O) groups is 2. The zero-order valence-electron chi connectivity index (χ0n) is 13.3. The average molecular weight is 348 g/mol. The molecule has 2 aromatic carbocycles. The van der Waals surface area contributed by atoms with E-state index in [4.69, 9.17) is 13.8 Å². The van der Waals surface area contributed by atoms with Crippen LogP contribution in [0.4, 0.5) is 0 Å². The zero-order chi connectivity index (χ0) is 17.6. The molecule has 0 aliphatic rings. The summed E-state index contributed by atoms with van der Waals surface area (Å²) >= 11 is 0. The molecule has 0 amide bonds. The molecule has 7 heteroatoms. The summed E-state index contributed by atoms with van der Waals surface area (Å²) in [6.45, 7) is -0.136. The summed E-state index contributed by atoms with van der Waals surface area (Å²) in [7, 11) is -1.63. The number of carbonyl (C=O) groups excluding carboxylic acids is 2. The van der Waals surface area contributed by atoms with Crippen LogP contribution in [0, 0.1) is 0 Å². The third-order valence-electron chi connectivity index (χ3n) is 3.35. The molecule has 0 unspecified atom stereocenters. The molecule has 2 rings (SSSR count). The normalized spacial score (nSPS) is 11.1. The van der Waals surface area contributed by atoms with Gasteiger partial charge in [0.05, 0.1) is 5.56 Å². The van der Waals surface area contributed by atoms with Gasteiger partial charge in [-0.2, -0.15) is 0 Å². The molecule has 0 aromatic heterocycles. The summed E-state index contributed by atoms with van der Waals surface area (Å²) in [5.41, 5.74) is 0.172. The van der Waals surface area contributed by atoms with Crippen LogP contribution in [0.2, 0.25) is 0 Å². The van der Waals surface area contributed by atoms with E-state index >= 15 is 0 Å². The Morgan fingerprint density at radius 2 is 1.50 bits per heavy atom. The van der Waals surface area contributed by atoms with Crippen LogP contribution in [0.5, 0.6) is 0 Å². The second kappa shape index (κ2) is 8.02. The van der Waals surface area contributed by atoms with Crippen molar-refractivity contribution in [2.24, 2.45) is 0 Å². The van der Waals surface area contributed by atoms with Gasteiger partial charge in [0, 0.05) is 25.3 Å². The summed E-state index contributed by atoms with van der Waals surface area (Å²) in [5.74, 6) is -0.514. The maximum atomic E-state index is 12.4. The van der Waals surface area contributed by atoms with Crippen LogP contribution in [0.1, 0.15) is 26.3 Å². The predicted molar refractivity (Wildman–Crippen MR) is 88.0 cm³/mol. The molecule has 0 N–H and O–H groups in total. The van der Waals surface area contributed by atoms with Crippen molar-refractivity contribution >= 4 is 19.1 Å². The van der Waals surface area contributed by atoms with E-state index in [1.54, 1.807) is 48.5 Å². The van der Waals surface area contributed by atoms with Crippen molar-refractivity contribution in [3.8, 4) is 0 Å². The first-order chi connectivity index (χ1) is 11.5. The first-order valence-corrected chi connectivity index (χ1v) is 8.62. The second-order valence-electron chi connectivity index (χ2n) is 4.77. The highest BCUT2D eigenvalue weighted by Crippen LogP contribution is 2.50. The minimum absolute atomic E-state index is 0.130. The van der Waals surface area contributed by atoms with E-state index in [2.05, 4.69) is 0 Å². The van der Waals surface area contributed by atoms with Crippen molar-refractivity contribution in [2.45, 2.75) is 6.61 Å². The molecule has 0 saturated carbocycles. The Hall–Kier alpha value is -2.27. The third-order valence-corrected chi connectivity index (χ3v) is 5.05. The van der Waals surface area contributed by atoms with Crippen LogP contribution >= 0.6 is 7.60 Å². The van der Waals surface area contributed by atoms with Crippen molar-refractivity contribution in [1.82, 2.24) is 0 Å². The number of esters is 1. The lowest BCUT2D eigenvalue weighted by Gasteiger charge is -2.14. The van der Waals surface area contributed by atoms with Crippen molar-refractivity contribution < 1.29 is 27.9 Å². The zero-order valence-corrected chi connectivity index (χ0v) is 14.2. The van der Waals surface area contributed by atoms with Gasteiger partial charge in [0.2, 0.25) is 0 Å². The fourth-order valence-electron chi connectivity index (χ4n) is 2.04. The topological polar surface area (TPSA) is 78.9 Å². The van der Waals surface area contributed by atoms with Gasteiger partial charge in [-0.05, 0) is 12.1 Å². The Labute approximate surface area is 139 Å². The van der Waals surface area contributed by atoms with Crippen LogP contribution < -0.4 is 0 Å². The first-order valence-electron chi connectivity index (χ1n) is 7.08. The van der Waals surface area contributed by atoms with Crippen molar-refractivity contribution in [2.75, 3.05) is 14.2 Å². The van der Waals surface area contributed by atoms with E-state index in [0.717, 1.165) is 14.2 Å². The molecule has 0 fully saturated rings. The lowest BCUT2D eigenvalue weighted by atomic mass is 10.1. The summed E-state index contributed by atoms with van der Waals surface area (Å²) in [5, 5.41) is 0. The van der Waals surface area contributed by atoms with Gasteiger partial charge in [-0.1, -0.05) is 42.5 Å². The Kier molecular flexibility index (Phi) is 6.04. The Balaban J connectivity index is 2.19. The fourth-order valence-corrected chi connectivity index (χ4v) is 3.04. The Bertz CT molecular complexity index is 764. The molecular formula is C17H17O6P. The highest BCUT2D eigenvalue weighted by atomic mass is 31.2. The van der Waals surface area contributed by atoms with E-state index in [-0.39, 0.29) is 12.2 Å². The number of rotatable bonds is 7. The molecule has 0 atom stereocenters. The molecule has 6 nitrogen and oxygen atoms in total. The minimum Gasteiger partial charge on any atom is -0.457 e. The Morgan fingerprint density at radius 1 is 0.917 bits per heavy atom. The summed E-state index contributed by atoms with van der Waals surface area (Å²) in [6, 6.07) is 14.9. The number of hydrogen-bond acceptors (Lipinski definition) is 6. The SMILES string of the molecule is COP(=O)(OC)C(=O)c1ccccc1COC(=O)c1ccccc1. The molecule has 0 bridgehead atoms. The van der Waals surface area contributed by atoms with Gasteiger partial charge in [-0.15, -0.1) is 0 Å². The molecule has 0 aliphatic carbocycles. The number of benzene rings is 2. The molecule has 2 aromatic rings. The number of ether oxygens (including phenoxy) is 1. The smallest absolute Gasteiger partial charge is 0.401 e. The van der Waals surface area contributed by atoms with Gasteiger partial charge in [0.1, 0.15) is 6.61 Å². The summed E-state index contributed by atoms with van der Waals surface area (Å²) < 4.78 is 26.9. The maximum absolute atomic E-state index is 12.4. The van der Waals surface area contributed by atoms with Gasteiger partial charge in [-0.25, -0.2) is 4.79 Å². The van der Waals surface area contributed by atoms with Gasteiger partial charge in [0.25, 0.3) is 5.52 Å². The van der Waals surface area contributed by atoms with Crippen LogP contribution in [0.15, 0.2) is 54.6 Å². The first kappa shape index (κ1) is 18.1. The van der Waals surface area contributed by atoms with Crippen molar-refractivity contribution in [3.05, 3.63) is 71.3 Å². The standard InChI is InChI=1S/C17H17O6P/c1-21-24(20,22-2)17(19)15-11-7-6-10-14(15)12-23-16(18)13-8-4-3-5-9-13/h3-11H,12H2,1-2H3. The molecule has 0 saturated heterocycles. The maximum Gasteiger partial charge on any atom is 0.401 e. The van der Waals surface area contributed by atoms with Gasteiger partial charge in [0.15, 0.2) is 0 Å². The van der Waals surface area contributed by atoms with Crippen molar-refractivity contribution in [1.29, 1.82) is 0 Å². The van der Waals surface area contributed by atoms with Crippen LogP contribution in [0.25, 0.3) is 0 Å². The van der Waals surface area contributed by atoms with E-state index in [0.29, 0.717) is 11.1 Å². The molecule has 0 spiro atoms. The van der Waals surface area contributed by atoms with E-state index in [1.165, 1.54) is 6.07 Å². The minimum atomic E-state index is -3.91. The quantitative estimate of drug-likeness (QED) is 0.561. The number of hydrogen-bond donors (Lipinski definition) is 0. The molecule has 0 heterocycles. The highest BCUT2D eigenvalue weighted by Gasteiger charge is 2.34. The summed E-state index contributed by atoms with van der Waals surface area (Å²) in [4.78, 5) is 24.4. The molecule has 24 heavy (non-hydrogen) atoms. The summed E-state index contributed by atoms with van der Waals surface area (Å²) in [6.07, 6.45) is 0. The second-order valence-corrected chi connectivity index (χ2v) is 6.90. The largest absolute Gasteiger partial charge is 0.457 e. The lowest BCUT2D eigenvalue weighted by Crippen LogP contribution is -2.10. The van der Waals surface area contributed by atoms with Gasteiger partial charge < -0.3 is 13.8 Å².